The number of likely N-dealkylation sites (tertiary alicyclic amines) is 1. The molecule has 1 aromatic rings. The van der Waals surface area contributed by atoms with E-state index < -0.39 is 0 Å². The Morgan fingerprint density at radius 1 is 1.26 bits per heavy atom. The highest BCUT2D eigenvalue weighted by molar-refractivity contribution is 6.31. The second-order valence-corrected chi connectivity index (χ2v) is 8.72. The van der Waals surface area contributed by atoms with Gasteiger partial charge >= 0.3 is 0 Å². The normalized spacial score (nSPS) is 32.7. The van der Waals surface area contributed by atoms with Gasteiger partial charge in [0.25, 0.3) is 0 Å². The van der Waals surface area contributed by atoms with Gasteiger partial charge in [0, 0.05) is 42.8 Å². The topological polar surface area (TPSA) is 36.5 Å². The van der Waals surface area contributed by atoms with Crippen molar-refractivity contribution in [3.05, 3.63) is 34.6 Å². The first kappa shape index (κ1) is 19.6. The number of rotatable bonds is 5. The molecule has 2 heterocycles. The van der Waals surface area contributed by atoms with Crippen LogP contribution in [0.15, 0.2) is 18.2 Å². The van der Waals surface area contributed by atoms with Crippen LogP contribution in [0.25, 0.3) is 0 Å². The average Bonchev–Trinajstić information content (AvgIpc) is 3.13. The van der Waals surface area contributed by atoms with Crippen molar-refractivity contribution in [2.75, 3.05) is 32.8 Å². The van der Waals surface area contributed by atoms with Crippen molar-refractivity contribution >= 4 is 11.6 Å². The Labute approximate surface area is 166 Å². The van der Waals surface area contributed by atoms with Gasteiger partial charge in [-0.15, -0.1) is 0 Å². The Morgan fingerprint density at radius 2 is 2.19 bits per heavy atom. The van der Waals surface area contributed by atoms with E-state index in [2.05, 4.69) is 15.5 Å². The van der Waals surface area contributed by atoms with E-state index in [0.717, 1.165) is 45.0 Å². The predicted molar refractivity (Wildman–Crippen MR) is 107 cm³/mol. The molecule has 4 rings (SSSR count). The Bertz CT molecular complexity index is 625. The maximum Gasteiger partial charge on any atom is 0.124 e. The second-order valence-electron chi connectivity index (χ2n) is 8.31. The Morgan fingerprint density at radius 3 is 3.00 bits per heavy atom. The van der Waals surface area contributed by atoms with E-state index in [0.29, 0.717) is 29.1 Å². The Balaban J connectivity index is 1.32. The van der Waals surface area contributed by atoms with Gasteiger partial charge in [0.15, 0.2) is 0 Å². The summed E-state index contributed by atoms with van der Waals surface area (Å²) in [6.45, 7) is 5.57. The predicted octanol–water partition coefficient (Wildman–Crippen LogP) is 3.19. The van der Waals surface area contributed by atoms with E-state index in [9.17, 15) is 4.39 Å². The van der Waals surface area contributed by atoms with Gasteiger partial charge in [0.2, 0.25) is 0 Å². The summed E-state index contributed by atoms with van der Waals surface area (Å²) in [5.41, 5.74) is 1.01. The highest BCUT2D eigenvalue weighted by atomic mass is 35.5. The third-order valence-electron chi connectivity index (χ3n) is 6.40. The summed E-state index contributed by atoms with van der Waals surface area (Å²) >= 11 is 6.23. The summed E-state index contributed by atoms with van der Waals surface area (Å²) in [6, 6.07) is 6.34. The summed E-state index contributed by atoms with van der Waals surface area (Å²) in [5.74, 6) is 0.404. The fraction of sp³-hybridized carbons (Fsp3) is 0.714. The third-order valence-corrected chi connectivity index (χ3v) is 6.75. The van der Waals surface area contributed by atoms with Crippen LogP contribution in [0.5, 0.6) is 0 Å². The fourth-order valence-electron chi connectivity index (χ4n) is 5.07. The van der Waals surface area contributed by atoms with Crippen LogP contribution in [0.1, 0.15) is 37.7 Å². The first-order valence-corrected chi connectivity index (χ1v) is 10.8. The van der Waals surface area contributed by atoms with E-state index in [1.165, 1.54) is 44.2 Å². The molecule has 0 amide bonds. The van der Waals surface area contributed by atoms with E-state index >= 15 is 0 Å². The minimum absolute atomic E-state index is 0.269. The maximum absolute atomic E-state index is 13.3. The molecular formula is C21H31ClFN3O. The number of morpholine rings is 1. The summed E-state index contributed by atoms with van der Waals surface area (Å²) < 4.78 is 19.0. The van der Waals surface area contributed by atoms with Crippen molar-refractivity contribution in [3.8, 4) is 0 Å². The van der Waals surface area contributed by atoms with Crippen molar-refractivity contribution in [3.63, 3.8) is 0 Å². The lowest BCUT2D eigenvalue weighted by atomic mass is 9.92. The van der Waals surface area contributed by atoms with Gasteiger partial charge in [-0.3, -0.25) is 4.90 Å². The average molecular weight is 396 g/mol. The van der Waals surface area contributed by atoms with Crippen molar-refractivity contribution < 1.29 is 9.13 Å². The molecule has 150 valence electrons. The second kappa shape index (κ2) is 9.19. The molecule has 4 nitrogen and oxygen atoms in total. The smallest absolute Gasteiger partial charge is 0.124 e. The quantitative estimate of drug-likeness (QED) is 0.802. The number of benzene rings is 1. The highest BCUT2D eigenvalue weighted by Crippen LogP contribution is 2.30. The zero-order chi connectivity index (χ0) is 18.6. The van der Waals surface area contributed by atoms with E-state index in [1.54, 1.807) is 0 Å². The van der Waals surface area contributed by atoms with Gasteiger partial charge in [-0.05, 0) is 55.8 Å². The molecule has 0 bridgehead atoms. The van der Waals surface area contributed by atoms with Crippen LogP contribution in [0.2, 0.25) is 5.02 Å². The lowest BCUT2D eigenvalue weighted by molar-refractivity contribution is 0.0502. The van der Waals surface area contributed by atoms with Gasteiger partial charge in [-0.25, -0.2) is 4.39 Å². The van der Waals surface area contributed by atoms with Crippen LogP contribution in [0.4, 0.5) is 4.39 Å². The summed E-state index contributed by atoms with van der Waals surface area (Å²) in [4.78, 5) is 2.45. The Kier molecular flexibility index (Phi) is 6.66. The fourth-order valence-corrected chi connectivity index (χ4v) is 5.29. The number of nitrogens with zero attached hydrogens (tertiary/aromatic N) is 1. The van der Waals surface area contributed by atoms with Crippen molar-refractivity contribution in [1.29, 1.82) is 0 Å². The van der Waals surface area contributed by atoms with Crippen molar-refractivity contribution in [2.45, 2.75) is 56.8 Å². The van der Waals surface area contributed by atoms with Gasteiger partial charge in [0.1, 0.15) is 5.82 Å². The van der Waals surface area contributed by atoms with Crippen LogP contribution in [0.3, 0.4) is 0 Å². The molecule has 4 unspecified atom stereocenters. The molecule has 1 aromatic carbocycles. The number of hydrogen-bond acceptors (Lipinski definition) is 4. The molecule has 2 N–H and O–H groups in total. The summed E-state index contributed by atoms with van der Waals surface area (Å²) in [5, 5.41) is 8.17. The number of nitrogens with one attached hydrogen (secondary N) is 2. The number of ether oxygens (including phenoxy) is 1. The molecule has 2 saturated heterocycles. The number of piperidine rings is 1. The lowest BCUT2D eigenvalue weighted by Gasteiger charge is -2.38. The molecule has 0 aromatic heterocycles. The van der Waals surface area contributed by atoms with Gasteiger partial charge < -0.3 is 15.4 Å². The number of halogens is 2. The minimum Gasteiger partial charge on any atom is -0.379 e. The molecule has 2 aliphatic heterocycles. The van der Waals surface area contributed by atoms with Crippen LogP contribution >= 0.6 is 11.6 Å². The summed E-state index contributed by atoms with van der Waals surface area (Å²) in [6.07, 6.45) is 6.29. The molecular weight excluding hydrogens is 365 g/mol. The molecule has 27 heavy (non-hydrogen) atoms. The Hall–Kier alpha value is -0.720. The van der Waals surface area contributed by atoms with Crippen LogP contribution in [0, 0.1) is 11.7 Å². The first-order valence-electron chi connectivity index (χ1n) is 10.4. The van der Waals surface area contributed by atoms with Gasteiger partial charge in [-0.2, -0.15) is 0 Å². The first-order chi connectivity index (χ1) is 13.2. The van der Waals surface area contributed by atoms with E-state index in [1.807, 2.05) is 6.07 Å². The van der Waals surface area contributed by atoms with Crippen LogP contribution in [-0.2, 0) is 11.3 Å². The maximum atomic E-state index is 13.3. The molecule has 3 aliphatic rings. The van der Waals surface area contributed by atoms with Crippen molar-refractivity contribution in [1.82, 2.24) is 15.5 Å². The zero-order valence-corrected chi connectivity index (χ0v) is 16.7. The third kappa shape index (κ3) is 5.01. The minimum atomic E-state index is -0.269. The van der Waals surface area contributed by atoms with E-state index in [4.69, 9.17) is 16.3 Å². The van der Waals surface area contributed by atoms with Gasteiger partial charge in [0.05, 0.1) is 13.2 Å². The molecule has 1 saturated carbocycles. The van der Waals surface area contributed by atoms with Crippen LogP contribution < -0.4 is 10.6 Å². The lowest BCUT2D eigenvalue weighted by Crippen LogP contribution is -2.55. The molecule has 0 spiro atoms. The van der Waals surface area contributed by atoms with Gasteiger partial charge in [-0.1, -0.05) is 24.1 Å². The SMILES string of the molecule is Fc1ccc(CN2CCCC(NC3CCCC3C3COCCN3)C2)c(Cl)c1. The largest absolute Gasteiger partial charge is 0.379 e. The molecule has 0 radical (unpaired) electrons. The zero-order valence-electron chi connectivity index (χ0n) is 15.9. The molecule has 6 heteroatoms. The molecule has 4 atom stereocenters. The van der Waals surface area contributed by atoms with E-state index in [-0.39, 0.29) is 5.82 Å². The van der Waals surface area contributed by atoms with Crippen LogP contribution in [-0.4, -0.2) is 55.9 Å². The highest BCUT2D eigenvalue weighted by Gasteiger charge is 2.36. The summed E-state index contributed by atoms with van der Waals surface area (Å²) in [7, 11) is 0. The molecule has 3 fully saturated rings. The monoisotopic (exact) mass is 395 g/mol. The number of hydrogen-bond donors (Lipinski definition) is 2. The standard InChI is InChI=1S/C21H31ClFN3O/c22-19-11-16(23)7-6-15(19)12-26-9-2-3-17(13-26)25-20-5-1-4-18(20)21-14-27-10-8-24-21/h6-7,11,17-18,20-21,24-25H,1-5,8-10,12-14H2. The molecule has 1 aliphatic carbocycles. The van der Waals surface area contributed by atoms with Crippen molar-refractivity contribution in [2.24, 2.45) is 5.92 Å².